The molecule has 0 aliphatic heterocycles. The molecule has 1 aromatic carbocycles. The van der Waals surface area contributed by atoms with Crippen LogP contribution in [0.5, 0.6) is 0 Å². The van der Waals surface area contributed by atoms with Crippen molar-refractivity contribution in [3.63, 3.8) is 0 Å². The predicted molar refractivity (Wildman–Crippen MR) is 86.6 cm³/mol. The third kappa shape index (κ3) is 3.97. The second-order valence-electron chi connectivity index (χ2n) is 6.63. The molecule has 114 valence electrons. The molecule has 0 aliphatic rings. The van der Waals surface area contributed by atoms with E-state index in [0.29, 0.717) is 0 Å². The maximum atomic E-state index is 12.9. The molecule has 0 radical (unpaired) electrons. The Morgan fingerprint density at radius 3 is 2.00 bits per heavy atom. The van der Waals surface area contributed by atoms with Gasteiger partial charge in [0.1, 0.15) is 7.85 Å². The molecular formula is C15H24BF3S. The lowest BCUT2D eigenvalue weighted by Crippen LogP contribution is -2.25. The molecule has 5 heteroatoms. The summed E-state index contributed by atoms with van der Waals surface area (Å²) in [5, 5.41) is 0. The highest BCUT2D eigenvalue weighted by Crippen LogP contribution is 2.55. The van der Waals surface area contributed by atoms with E-state index in [0.717, 1.165) is 23.2 Å². The van der Waals surface area contributed by atoms with Crippen molar-refractivity contribution < 1.29 is 13.2 Å². The van der Waals surface area contributed by atoms with Crippen LogP contribution in [-0.4, -0.2) is 25.1 Å². The Bertz CT molecular complexity index is 473. The number of halogens is 3. The van der Waals surface area contributed by atoms with Crippen molar-refractivity contribution in [1.82, 2.24) is 0 Å². The van der Waals surface area contributed by atoms with E-state index < -0.39 is 21.8 Å². The fourth-order valence-corrected chi connectivity index (χ4v) is 3.37. The Hall–Kier alpha value is -0.575. The van der Waals surface area contributed by atoms with Crippen molar-refractivity contribution in [2.75, 3.05) is 12.5 Å². The molecular weight excluding hydrogens is 280 g/mol. The average molecular weight is 304 g/mol. The second kappa shape index (κ2) is 5.66. The first-order chi connectivity index (χ1) is 8.88. The summed E-state index contributed by atoms with van der Waals surface area (Å²) >= 11 is 0. The van der Waals surface area contributed by atoms with E-state index in [4.69, 9.17) is 0 Å². The Balaban J connectivity index is 3.23. The predicted octanol–water partition coefficient (Wildman–Crippen LogP) is 4.20. The summed E-state index contributed by atoms with van der Waals surface area (Å²) in [6, 6.07) is 4.18. The molecule has 0 amide bonds. The fourth-order valence-electron chi connectivity index (χ4n) is 1.89. The van der Waals surface area contributed by atoms with Gasteiger partial charge in [0.05, 0.1) is 5.56 Å². The minimum Gasteiger partial charge on any atom is -0.238 e. The molecule has 0 fully saturated rings. The van der Waals surface area contributed by atoms with E-state index in [1.807, 2.05) is 7.85 Å². The molecule has 0 spiro atoms. The maximum absolute atomic E-state index is 12.9. The van der Waals surface area contributed by atoms with Gasteiger partial charge in [0, 0.05) is 5.75 Å². The summed E-state index contributed by atoms with van der Waals surface area (Å²) in [4.78, 5) is 0. The monoisotopic (exact) mass is 304 g/mol. The minimum atomic E-state index is -4.26. The van der Waals surface area contributed by atoms with Gasteiger partial charge in [-0.05, 0) is 35.0 Å². The summed E-state index contributed by atoms with van der Waals surface area (Å²) in [5.41, 5.74) is 1.36. The van der Waals surface area contributed by atoms with Crippen molar-refractivity contribution >= 4 is 17.9 Å². The van der Waals surface area contributed by atoms with Crippen LogP contribution < -0.4 is 0 Å². The van der Waals surface area contributed by atoms with E-state index in [9.17, 15) is 13.2 Å². The van der Waals surface area contributed by atoms with Crippen LogP contribution in [0.2, 0.25) is 0 Å². The molecule has 0 N–H and O–H groups in total. The van der Waals surface area contributed by atoms with Gasteiger partial charge in [-0.1, -0.05) is 38.7 Å². The highest BCUT2D eigenvalue weighted by Gasteiger charge is 2.33. The van der Waals surface area contributed by atoms with Gasteiger partial charge in [0.15, 0.2) is 0 Å². The summed E-state index contributed by atoms with van der Waals surface area (Å²) in [5.74, 6) is 0.740. The van der Waals surface area contributed by atoms with Gasteiger partial charge in [-0.15, -0.1) is 0 Å². The lowest BCUT2D eigenvalue weighted by molar-refractivity contribution is -0.137. The molecule has 1 rings (SSSR count). The fraction of sp³-hybridized carbons (Fsp3) is 0.600. The normalized spacial score (nSPS) is 14.4. The van der Waals surface area contributed by atoms with Crippen molar-refractivity contribution in [2.24, 2.45) is 0 Å². The standard InChI is InChI=1S/C15H24BF3S/c1-14(2,3)20(4,5)10-12-8-13(15(17,18)19)7-6-11(12)9-16/h6-8H,9-10,16H2,1-5H3. The Morgan fingerprint density at radius 1 is 1.05 bits per heavy atom. The van der Waals surface area contributed by atoms with Crippen LogP contribution in [0.1, 0.15) is 37.5 Å². The van der Waals surface area contributed by atoms with Crippen LogP contribution in [0.4, 0.5) is 13.2 Å². The maximum Gasteiger partial charge on any atom is 0.416 e. The van der Waals surface area contributed by atoms with E-state index in [1.165, 1.54) is 12.1 Å². The van der Waals surface area contributed by atoms with E-state index in [1.54, 1.807) is 6.07 Å². The van der Waals surface area contributed by atoms with Crippen LogP contribution in [0, 0.1) is 0 Å². The average Bonchev–Trinajstić information content (AvgIpc) is 2.25. The van der Waals surface area contributed by atoms with Gasteiger partial charge in [-0.2, -0.15) is 13.2 Å². The molecule has 0 saturated carbocycles. The van der Waals surface area contributed by atoms with Crippen LogP contribution in [0.25, 0.3) is 0 Å². The van der Waals surface area contributed by atoms with Gasteiger partial charge in [0.2, 0.25) is 0 Å². The molecule has 0 saturated heterocycles. The molecule has 0 atom stereocenters. The van der Waals surface area contributed by atoms with Crippen LogP contribution in [0.3, 0.4) is 0 Å². The highest BCUT2D eigenvalue weighted by atomic mass is 32.3. The summed E-state index contributed by atoms with van der Waals surface area (Å²) in [6.07, 6.45) is 0.911. The summed E-state index contributed by atoms with van der Waals surface area (Å²) < 4.78 is 38.7. The van der Waals surface area contributed by atoms with Crippen molar-refractivity contribution in [2.45, 2.75) is 43.8 Å². The first kappa shape index (κ1) is 17.5. The number of rotatable bonds is 3. The van der Waals surface area contributed by atoms with E-state index >= 15 is 0 Å². The SMILES string of the molecule is BCc1ccc(C(F)(F)F)cc1CS(C)(C)C(C)(C)C. The third-order valence-electron chi connectivity index (χ3n) is 4.09. The van der Waals surface area contributed by atoms with Crippen molar-refractivity contribution in [3.8, 4) is 0 Å². The number of hydrogen-bond acceptors (Lipinski definition) is 0. The Kier molecular flexibility index (Phi) is 4.95. The first-order valence-corrected chi connectivity index (χ1v) is 9.40. The van der Waals surface area contributed by atoms with Gasteiger partial charge < -0.3 is 0 Å². The van der Waals surface area contributed by atoms with Crippen molar-refractivity contribution in [1.29, 1.82) is 0 Å². The molecule has 1 aromatic rings. The second-order valence-corrected chi connectivity index (χ2v) is 11.2. The minimum absolute atomic E-state index is 0.117. The molecule has 0 aromatic heterocycles. The van der Waals surface area contributed by atoms with Gasteiger partial charge >= 0.3 is 6.18 Å². The van der Waals surface area contributed by atoms with Crippen molar-refractivity contribution in [3.05, 3.63) is 34.9 Å². The lowest BCUT2D eigenvalue weighted by Gasteiger charge is -2.45. The quantitative estimate of drug-likeness (QED) is 0.734. The van der Waals surface area contributed by atoms with Crippen LogP contribution in [0.15, 0.2) is 18.2 Å². The molecule has 0 heterocycles. The molecule has 0 nitrogen and oxygen atoms in total. The van der Waals surface area contributed by atoms with E-state index in [2.05, 4.69) is 33.3 Å². The zero-order valence-electron chi connectivity index (χ0n) is 13.2. The Morgan fingerprint density at radius 2 is 1.60 bits per heavy atom. The Labute approximate surface area is 122 Å². The number of benzene rings is 1. The van der Waals surface area contributed by atoms with E-state index in [-0.39, 0.29) is 4.75 Å². The molecule has 0 bridgehead atoms. The zero-order chi connectivity index (χ0) is 15.8. The smallest absolute Gasteiger partial charge is 0.238 e. The summed E-state index contributed by atoms with van der Waals surface area (Å²) in [6.45, 7) is 6.50. The van der Waals surface area contributed by atoms with Crippen LogP contribution in [-0.2, 0) is 18.2 Å². The van der Waals surface area contributed by atoms with Gasteiger partial charge in [-0.25, -0.2) is 10.0 Å². The topological polar surface area (TPSA) is 0 Å². The summed E-state index contributed by atoms with van der Waals surface area (Å²) in [7, 11) is 0.979. The van der Waals surface area contributed by atoms with Crippen LogP contribution >= 0.6 is 10.0 Å². The van der Waals surface area contributed by atoms with Gasteiger partial charge in [0.25, 0.3) is 0 Å². The highest BCUT2D eigenvalue weighted by molar-refractivity contribution is 8.33. The lowest BCUT2D eigenvalue weighted by atomic mass is 9.92. The molecule has 0 aliphatic carbocycles. The molecule has 20 heavy (non-hydrogen) atoms. The third-order valence-corrected chi connectivity index (χ3v) is 8.44. The zero-order valence-corrected chi connectivity index (χ0v) is 14.0. The number of alkyl halides is 3. The first-order valence-electron chi connectivity index (χ1n) is 6.78. The van der Waals surface area contributed by atoms with Gasteiger partial charge in [-0.3, -0.25) is 0 Å². The number of hydrogen-bond donors (Lipinski definition) is 0. The molecule has 0 unspecified atom stereocenters. The largest absolute Gasteiger partial charge is 0.416 e.